The molecule has 9 heteroatoms. The highest BCUT2D eigenvalue weighted by molar-refractivity contribution is 5.95. The van der Waals surface area contributed by atoms with Crippen LogP contribution in [0.4, 0.5) is 25.0 Å². The average Bonchev–Trinajstić information content (AvgIpc) is 3.36. The molecule has 0 bridgehead atoms. The largest absolute Gasteiger partial charge is 0.462 e. The minimum atomic E-state index is -0.836. The van der Waals surface area contributed by atoms with E-state index in [1.54, 1.807) is 44.3 Å². The minimum absolute atomic E-state index is 0.139. The van der Waals surface area contributed by atoms with Crippen molar-refractivity contribution in [1.82, 2.24) is 4.98 Å². The summed E-state index contributed by atoms with van der Waals surface area (Å²) in [4.78, 5) is 27.8. The summed E-state index contributed by atoms with van der Waals surface area (Å²) in [6.45, 7) is 7.35. The molecule has 1 aromatic heterocycles. The van der Waals surface area contributed by atoms with Crippen LogP contribution in [0.3, 0.4) is 0 Å². The van der Waals surface area contributed by atoms with Crippen molar-refractivity contribution in [3.63, 3.8) is 0 Å². The molecule has 7 nitrogen and oxygen atoms in total. The van der Waals surface area contributed by atoms with Gasteiger partial charge in [0.1, 0.15) is 17.7 Å². The molecule has 39 heavy (non-hydrogen) atoms. The summed E-state index contributed by atoms with van der Waals surface area (Å²) in [5.41, 5.74) is 1.40. The number of carbonyl (C=O) groups excluding carboxylic acids is 2. The molecule has 2 heterocycles. The van der Waals surface area contributed by atoms with E-state index in [-0.39, 0.29) is 17.7 Å². The number of fused-ring (bicyclic) bond motifs is 2. The van der Waals surface area contributed by atoms with Crippen molar-refractivity contribution >= 4 is 34.3 Å². The summed E-state index contributed by atoms with van der Waals surface area (Å²) in [5.74, 6) is -2.45. The smallest absolute Gasteiger partial charge is 0.411 e. The average molecular weight is 534 g/mol. The molecule has 3 aromatic carbocycles. The number of hydrogen-bond acceptors (Lipinski definition) is 5. The molecule has 0 fully saturated rings. The first-order valence-corrected chi connectivity index (χ1v) is 12.7. The number of nitrogens with one attached hydrogen (secondary N) is 3. The molecule has 5 rings (SSSR count). The van der Waals surface area contributed by atoms with E-state index in [1.165, 1.54) is 18.2 Å². The zero-order valence-corrected chi connectivity index (χ0v) is 22.0. The molecule has 1 amide bonds. The Morgan fingerprint density at radius 1 is 1.08 bits per heavy atom. The second kappa shape index (κ2) is 10.1. The number of ether oxygens (including phenoxy) is 2. The summed E-state index contributed by atoms with van der Waals surface area (Å²) in [5, 5.41) is 6.65. The Bertz CT molecular complexity index is 1560. The summed E-state index contributed by atoms with van der Waals surface area (Å²) >= 11 is 0. The first-order valence-electron chi connectivity index (χ1n) is 12.7. The van der Waals surface area contributed by atoms with Gasteiger partial charge in [0.05, 0.1) is 28.8 Å². The van der Waals surface area contributed by atoms with Gasteiger partial charge in [0.2, 0.25) is 0 Å². The number of hydrogen-bond donors (Lipinski definition) is 3. The van der Waals surface area contributed by atoms with Crippen LogP contribution >= 0.6 is 0 Å². The Morgan fingerprint density at radius 3 is 2.54 bits per heavy atom. The number of para-hydroxylation sites is 1. The fourth-order valence-corrected chi connectivity index (χ4v) is 5.33. The van der Waals surface area contributed by atoms with Gasteiger partial charge in [-0.3, -0.25) is 5.32 Å². The number of H-pyrrole nitrogens is 1. The number of aromatic nitrogens is 1. The fraction of sp³-hybridized carbons (Fsp3) is 0.267. The van der Waals surface area contributed by atoms with Crippen LogP contribution in [-0.4, -0.2) is 35.3 Å². The second-order valence-corrected chi connectivity index (χ2v) is 10.1. The van der Waals surface area contributed by atoms with Crippen LogP contribution in [0.15, 0.2) is 60.8 Å². The number of benzene rings is 3. The Balaban J connectivity index is 1.42. The van der Waals surface area contributed by atoms with Gasteiger partial charge in [0.25, 0.3) is 0 Å². The van der Waals surface area contributed by atoms with Crippen LogP contribution in [0.2, 0.25) is 0 Å². The zero-order valence-electron chi connectivity index (χ0n) is 22.0. The maximum absolute atomic E-state index is 16.2. The van der Waals surface area contributed by atoms with Crippen LogP contribution in [-0.2, 0) is 9.47 Å². The van der Waals surface area contributed by atoms with Crippen LogP contribution in [0.25, 0.3) is 22.0 Å². The van der Waals surface area contributed by atoms with Crippen molar-refractivity contribution < 1.29 is 27.8 Å². The Labute approximate surface area is 224 Å². The third-order valence-electron chi connectivity index (χ3n) is 7.07. The van der Waals surface area contributed by atoms with Gasteiger partial charge in [-0.1, -0.05) is 25.1 Å². The van der Waals surface area contributed by atoms with Crippen LogP contribution < -0.4 is 10.6 Å². The number of rotatable bonds is 5. The Kier molecular flexibility index (Phi) is 6.76. The predicted octanol–water partition coefficient (Wildman–Crippen LogP) is 7.21. The molecular formula is C30H29F2N3O4. The van der Waals surface area contributed by atoms with Crippen molar-refractivity contribution in [3.8, 4) is 11.1 Å². The van der Waals surface area contributed by atoms with Gasteiger partial charge in [-0.2, -0.15) is 0 Å². The molecule has 3 N–H and O–H groups in total. The number of halogens is 2. The standard InChI is InChI=1S/C30H29F2N3O4/c1-5-38-28(36)18-9-11-19(12-10-18)34-29(37)39-27-16(2)23-22(35-30(27,3)4)15-21(31)24(25(23)32)20-8-6-7-17-13-14-33-26(17)20/h6-16,27,33,35H,5H2,1-4H3,(H,34,37)/t16-,27+/m0/s1. The van der Waals surface area contributed by atoms with E-state index < -0.39 is 41.3 Å². The lowest BCUT2D eigenvalue weighted by Crippen LogP contribution is -2.52. The summed E-state index contributed by atoms with van der Waals surface area (Å²) < 4.78 is 42.3. The number of esters is 1. The van der Waals surface area contributed by atoms with E-state index in [2.05, 4.69) is 15.6 Å². The van der Waals surface area contributed by atoms with E-state index in [0.717, 1.165) is 5.39 Å². The number of amides is 1. The Morgan fingerprint density at radius 2 is 1.82 bits per heavy atom. The SMILES string of the molecule is CCOC(=O)c1ccc(NC(=O)O[C@@H]2[C@@H](C)c3c(cc(F)c(-c4cccc5cc[nH]c45)c3F)NC2(C)C)cc1. The lowest BCUT2D eigenvalue weighted by Gasteiger charge is -2.44. The maximum Gasteiger partial charge on any atom is 0.411 e. The highest BCUT2D eigenvalue weighted by atomic mass is 19.1. The third-order valence-corrected chi connectivity index (χ3v) is 7.07. The van der Waals surface area contributed by atoms with Crippen LogP contribution in [0.5, 0.6) is 0 Å². The van der Waals surface area contributed by atoms with Gasteiger partial charge >= 0.3 is 12.1 Å². The highest BCUT2D eigenvalue weighted by Gasteiger charge is 2.45. The van der Waals surface area contributed by atoms with Gasteiger partial charge in [0, 0.05) is 34.6 Å². The molecule has 2 atom stereocenters. The number of aromatic amines is 1. The van der Waals surface area contributed by atoms with Gasteiger partial charge in [-0.15, -0.1) is 0 Å². The molecule has 0 unspecified atom stereocenters. The molecule has 0 saturated heterocycles. The Hall–Kier alpha value is -4.40. The van der Waals surface area contributed by atoms with Crippen molar-refractivity contribution in [2.45, 2.75) is 45.3 Å². The number of carbonyl (C=O) groups is 2. The topological polar surface area (TPSA) is 92.4 Å². The van der Waals surface area contributed by atoms with Crippen LogP contribution in [0, 0.1) is 11.6 Å². The first-order chi connectivity index (χ1) is 18.6. The predicted molar refractivity (Wildman–Crippen MR) is 146 cm³/mol. The second-order valence-electron chi connectivity index (χ2n) is 10.1. The lowest BCUT2D eigenvalue weighted by atomic mass is 9.77. The summed E-state index contributed by atoms with van der Waals surface area (Å²) in [6.07, 6.45) is 0.188. The zero-order chi connectivity index (χ0) is 27.9. The monoisotopic (exact) mass is 533 g/mol. The van der Waals surface area contributed by atoms with E-state index in [0.29, 0.717) is 28.0 Å². The van der Waals surface area contributed by atoms with Gasteiger partial charge in [-0.05, 0) is 62.6 Å². The molecule has 1 aliphatic rings. The maximum atomic E-state index is 16.2. The highest BCUT2D eigenvalue weighted by Crippen LogP contribution is 2.46. The van der Waals surface area contributed by atoms with Crippen LogP contribution in [0.1, 0.15) is 49.5 Å². The van der Waals surface area contributed by atoms with Gasteiger partial charge in [-0.25, -0.2) is 18.4 Å². The molecule has 202 valence electrons. The molecular weight excluding hydrogens is 504 g/mol. The van der Waals surface area contributed by atoms with E-state index >= 15 is 8.78 Å². The lowest BCUT2D eigenvalue weighted by molar-refractivity contribution is 0.0526. The van der Waals surface area contributed by atoms with Crippen molar-refractivity contribution in [2.24, 2.45) is 0 Å². The molecule has 0 saturated carbocycles. The normalized spacial score (nSPS) is 17.7. The van der Waals surface area contributed by atoms with Gasteiger partial charge < -0.3 is 19.8 Å². The molecule has 1 aliphatic heterocycles. The molecule has 4 aromatic rings. The fourth-order valence-electron chi connectivity index (χ4n) is 5.33. The van der Waals surface area contributed by atoms with Crippen molar-refractivity contribution in [3.05, 3.63) is 83.6 Å². The van der Waals surface area contributed by atoms with E-state index in [9.17, 15) is 9.59 Å². The van der Waals surface area contributed by atoms with Crippen molar-refractivity contribution in [1.29, 1.82) is 0 Å². The molecule has 0 aliphatic carbocycles. The van der Waals surface area contributed by atoms with Gasteiger partial charge in [0.15, 0.2) is 0 Å². The minimum Gasteiger partial charge on any atom is -0.462 e. The van der Waals surface area contributed by atoms with E-state index in [4.69, 9.17) is 9.47 Å². The van der Waals surface area contributed by atoms with E-state index in [1.807, 2.05) is 26.0 Å². The third kappa shape index (κ3) is 4.80. The summed E-state index contributed by atoms with van der Waals surface area (Å²) in [7, 11) is 0. The summed E-state index contributed by atoms with van der Waals surface area (Å²) in [6, 6.07) is 14.6. The number of anilines is 2. The molecule has 0 spiro atoms. The van der Waals surface area contributed by atoms with Crippen molar-refractivity contribution in [2.75, 3.05) is 17.2 Å². The first kappa shape index (κ1) is 26.2. The molecule has 0 radical (unpaired) electrons. The quantitative estimate of drug-likeness (QED) is 0.236.